The molecule has 88 valence electrons. The minimum absolute atomic E-state index is 0.0263. The maximum Gasteiger partial charge on any atom is 0.328 e. The van der Waals surface area contributed by atoms with E-state index in [0.29, 0.717) is 0 Å². The van der Waals surface area contributed by atoms with Crippen molar-refractivity contribution in [3.8, 4) is 6.07 Å². The number of nitrogens with zero attached hydrogens (tertiary/aromatic N) is 3. The van der Waals surface area contributed by atoms with Gasteiger partial charge in [0.1, 0.15) is 11.6 Å². The van der Waals surface area contributed by atoms with Crippen LogP contribution in [-0.4, -0.2) is 29.0 Å². The largest absolute Gasteiger partial charge is 0.360 e. The van der Waals surface area contributed by atoms with Crippen LogP contribution in [0.4, 0.5) is 11.5 Å². The number of hydrogen-bond donors (Lipinski definition) is 2. The maximum absolute atomic E-state index is 10.9. The average Bonchev–Trinajstić information content (AvgIpc) is 2.81. The second-order valence-electron chi connectivity index (χ2n) is 3.76. The normalized spacial score (nSPS) is 18.6. The summed E-state index contributed by atoms with van der Waals surface area (Å²) in [5.41, 5.74) is -0.222. The van der Waals surface area contributed by atoms with E-state index in [1.807, 2.05) is 0 Å². The van der Waals surface area contributed by atoms with Crippen molar-refractivity contribution in [1.29, 1.82) is 5.26 Å². The quantitative estimate of drug-likeness (QED) is 0.586. The molecule has 0 saturated carbocycles. The van der Waals surface area contributed by atoms with Gasteiger partial charge in [-0.05, 0) is 19.0 Å². The van der Waals surface area contributed by atoms with Crippen LogP contribution >= 0.6 is 0 Å². The van der Waals surface area contributed by atoms with Gasteiger partial charge in [0.2, 0.25) is 5.82 Å². The molecule has 1 fully saturated rings. The van der Waals surface area contributed by atoms with Crippen LogP contribution in [0.5, 0.6) is 0 Å². The zero-order valence-electron chi connectivity index (χ0n) is 9.01. The van der Waals surface area contributed by atoms with E-state index >= 15 is 0 Å². The summed E-state index contributed by atoms with van der Waals surface area (Å²) in [6.45, 7) is 1.62. The van der Waals surface area contributed by atoms with E-state index in [1.54, 1.807) is 6.07 Å². The molecule has 1 aliphatic heterocycles. The van der Waals surface area contributed by atoms with Gasteiger partial charge in [0.25, 0.3) is 0 Å². The third-order valence-electron chi connectivity index (χ3n) is 2.63. The fraction of sp³-hybridized carbons (Fsp3) is 0.400. The van der Waals surface area contributed by atoms with E-state index in [1.165, 1.54) is 12.3 Å². The standard InChI is InChI=1S/C10H11N5O2/c11-5-7-1-4-13-10(9(7)15(16)17)14-8-2-3-12-6-8/h1,4,8,12H,2-3,6H2,(H,13,14). The molecule has 2 rings (SSSR count). The van der Waals surface area contributed by atoms with Crippen molar-refractivity contribution >= 4 is 11.5 Å². The molecule has 1 unspecified atom stereocenters. The predicted molar refractivity (Wildman–Crippen MR) is 60.5 cm³/mol. The molecule has 0 aromatic carbocycles. The van der Waals surface area contributed by atoms with Gasteiger partial charge in [-0.1, -0.05) is 0 Å². The van der Waals surface area contributed by atoms with Gasteiger partial charge in [-0.25, -0.2) is 4.98 Å². The lowest BCUT2D eigenvalue weighted by molar-refractivity contribution is -0.384. The van der Waals surface area contributed by atoms with Crippen LogP contribution in [0.25, 0.3) is 0 Å². The molecule has 0 aliphatic carbocycles. The SMILES string of the molecule is N#Cc1ccnc(NC2CCNC2)c1[N+](=O)[O-]. The number of hydrogen-bond acceptors (Lipinski definition) is 6. The summed E-state index contributed by atoms with van der Waals surface area (Å²) in [7, 11) is 0. The van der Waals surface area contributed by atoms with Crippen molar-refractivity contribution < 1.29 is 4.92 Å². The summed E-state index contributed by atoms with van der Waals surface area (Å²) >= 11 is 0. The Morgan fingerprint density at radius 3 is 3.12 bits per heavy atom. The maximum atomic E-state index is 10.9. The summed E-state index contributed by atoms with van der Waals surface area (Å²) in [4.78, 5) is 14.3. The minimum atomic E-state index is -0.573. The van der Waals surface area contributed by atoms with Gasteiger partial charge in [-0.15, -0.1) is 0 Å². The first-order valence-corrected chi connectivity index (χ1v) is 5.23. The van der Waals surface area contributed by atoms with Crippen LogP contribution < -0.4 is 10.6 Å². The Labute approximate surface area is 97.6 Å². The molecular formula is C10H11N5O2. The molecule has 0 bridgehead atoms. The van der Waals surface area contributed by atoms with Gasteiger partial charge in [-0.3, -0.25) is 10.1 Å². The zero-order valence-corrected chi connectivity index (χ0v) is 9.01. The Bertz CT molecular complexity index is 476. The number of anilines is 1. The third-order valence-corrected chi connectivity index (χ3v) is 2.63. The molecule has 0 spiro atoms. The first-order chi connectivity index (χ1) is 8.22. The van der Waals surface area contributed by atoms with Gasteiger partial charge in [0, 0.05) is 18.8 Å². The van der Waals surface area contributed by atoms with Crippen molar-refractivity contribution in [3.05, 3.63) is 27.9 Å². The zero-order chi connectivity index (χ0) is 12.3. The van der Waals surface area contributed by atoms with Crippen molar-refractivity contribution in [2.75, 3.05) is 18.4 Å². The van der Waals surface area contributed by atoms with Crippen LogP contribution in [-0.2, 0) is 0 Å². The highest BCUT2D eigenvalue weighted by molar-refractivity contribution is 5.64. The van der Waals surface area contributed by atoms with Crippen molar-refractivity contribution in [3.63, 3.8) is 0 Å². The topological polar surface area (TPSA) is 104 Å². The first kappa shape index (κ1) is 11.3. The molecule has 7 heteroatoms. The molecule has 1 aromatic heterocycles. The molecule has 2 N–H and O–H groups in total. The monoisotopic (exact) mass is 233 g/mol. The lowest BCUT2D eigenvalue weighted by Gasteiger charge is -2.11. The van der Waals surface area contributed by atoms with Gasteiger partial charge >= 0.3 is 5.69 Å². The number of nitriles is 1. The fourth-order valence-corrected chi connectivity index (χ4v) is 1.81. The van der Waals surface area contributed by atoms with Crippen molar-refractivity contribution in [1.82, 2.24) is 10.3 Å². The molecule has 0 radical (unpaired) electrons. The van der Waals surface area contributed by atoms with Crippen LogP contribution in [0.1, 0.15) is 12.0 Å². The van der Waals surface area contributed by atoms with Crippen LogP contribution in [0, 0.1) is 21.4 Å². The number of aromatic nitrogens is 1. The second kappa shape index (κ2) is 4.76. The Hall–Kier alpha value is -2.20. The number of pyridine rings is 1. The number of nitro groups is 1. The predicted octanol–water partition coefficient (Wildman–Crippen LogP) is 0.635. The van der Waals surface area contributed by atoms with E-state index in [-0.39, 0.29) is 23.1 Å². The summed E-state index contributed by atoms with van der Waals surface area (Å²) in [6.07, 6.45) is 2.28. The van der Waals surface area contributed by atoms with E-state index in [2.05, 4.69) is 15.6 Å². The first-order valence-electron chi connectivity index (χ1n) is 5.23. The summed E-state index contributed by atoms with van der Waals surface area (Å²) in [6, 6.07) is 3.27. The summed E-state index contributed by atoms with van der Waals surface area (Å²) in [5, 5.41) is 25.9. The van der Waals surface area contributed by atoms with Gasteiger partial charge < -0.3 is 10.6 Å². The molecule has 17 heavy (non-hydrogen) atoms. The van der Waals surface area contributed by atoms with Gasteiger partial charge in [0.05, 0.1) is 4.92 Å². The van der Waals surface area contributed by atoms with Crippen LogP contribution in [0.2, 0.25) is 0 Å². The highest BCUT2D eigenvalue weighted by atomic mass is 16.6. The van der Waals surface area contributed by atoms with E-state index < -0.39 is 4.92 Å². The second-order valence-corrected chi connectivity index (χ2v) is 3.76. The van der Waals surface area contributed by atoms with Gasteiger partial charge in [0.15, 0.2) is 0 Å². The van der Waals surface area contributed by atoms with E-state index in [9.17, 15) is 10.1 Å². The van der Waals surface area contributed by atoms with Crippen LogP contribution in [0.3, 0.4) is 0 Å². The Morgan fingerprint density at radius 1 is 1.71 bits per heavy atom. The molecule has 1 saturated heterocycles. The Balaban J connectivity index is 2.32. The fourth-order valence-electron chi connectivity index (χ4n) is 1.81. The molecule has 1 aromatic rings. The van der Waals surface area contributed by atoms with Crippen molar-refractivity contribution in [2.24, 2.45) is 0 Å². The minimum Gasteiger partial charge on any atom is -0.360 e. The number of rotatable bonds is 3. The Morgan fingerprint density at radius 2 is 2.53 bits per heavy atom. The average molecular weight is 233 g/mol. The number of nitrogens with one attached hydrogen (secondary N) is 2. The highest BCUT2D eigenvalue weighted by Gasteiger charge is 2.24. The lowest BCUT2D eigenvalue weighted by Crippen LogP contribution is -2.23. The summed E-state index contributed by atoms with van der Waals surface area (Å²) in [5.74, 6) is 0.169. The highest BCUT2D eigenvalue weighted by Crippen LogP contribution is 2.26. The molecular weight excluding hydrogens is 222 g/mol. The smallest absolute Gasteiger partial charge is 0.328 e. The Kier molecular flexibility index (Phi) is 3.16. The van der Waals surface area contributed by atoms with Crippen molar-refractivity contribution in [2.45, 2.75) is 12.5 Å². The molecule has 0 amide bonds. The third kappa shape index (κ3) is 2.32. The molecule has 7 nitrogen and oxygen atoms in total. The van der Waals surface area contributed by atoms with Gasteiger partial charge in [-0.2, -0.15) is 5.26 Å². The van der Waals surface area contributed by atoms with Crippen LogP contribution in [0.15, 0.2) is 12.3 Å². The molecule has 1 atom stereocenters. The van der Waals surface area contributed by atoms with E-state index in [4.69, 9.17) is 5.26 Å². The van der Waals surface area contributed by atoms with E-state index in [0.717, 1.165) is 19.5 Å². The lowest BCUT2D eigenvalue weighted by atomic mass is 10.2. The molecule has 2 heterocycles. The molecule has 1 aliphatic rings. The summed E-state index contributed by atoms with van der Waals surface area (Å²) < 4.78 is 0.